The van der Waals surface area contributed by atoms with E-state index in [4.69, 9.17) is 18.9 Å². The normalized spacial score (nSPS) is 19.0. The quantitative estimate of drug-likeness (QED) is 0.456. The molecule has 2 heterocycles. The number of esters is 3. The van der Waals surface area contributed by atoms with E-state index in [0.29, 0.717) is 22.4 Å². The zero-order valence-corrected chi connectivity index (χ0v) is 19.2. The van der Waals surface area contributed by atoms with Crippen LogP contribution in [-0.4, -0.2) is 50.4 Å². The molecule has 0 aliphatic carbocycles. The Morgan fingerprint density at radius 1 is 1.06 bits per heavy atom. The van der Waals surface area contributed by atoms with Gasteiger partial charge in [-0.15, -0.1) is 0 Å². The second-order valence-corrected chi connectivity index (χ2v) is 7.78. The molecule has 0 spiro atoms. The van der Waals surface area contributed by atoms with Crippen molar-refractivity contribution in [3.8, 4) is 5.75 Å². The Morgan fingerprint density at radius 2 is 1.80 bits per heavy atom. The number of fused-ring (bicyclic) bond motifs is 1. The number of rotatable bonds is 7. The fraction of sp³-hybridized carbons (Fsp3) is 0.280. The van der Waals surface area contributed by atoms with Crippen molar-refractivity contribution in [1.82, 2.24) is 10.6 Å². The van der Waals surface area contributed by atoms with Gasteiger partial charge in [-0.25, -0.2) is 19.2 Å². The highest BCUT2D eigenvalue weighted by molar-refractivity contribution is 5.96. The maximum Gasteiger partial charge on any atom is 0.348 e. The molecule has 0 saturated carbocycles. The Kier molecular flexibility index (Phi) is 7.00. The van der Waals surface area contributed by atoms with E-state index in [1.807, 2.05) is 0 Å². The summed E-state index contributed by atoms with van der Waals surface area (Å²) in [4.78, 5) is 50.2. The van der Waals surface area contributed by atoms with Gasteiger partial charge in [0.05, 0.1) is 36.6 Å². The Morgan fingerprint density at radius 3 is 2.51 bits per heavy atom. The standard InChI is InChI=1S/C25H24N2O8/c1-3-33-24(30)20-18(26-25(31)27-21(20)14-8-10-16(32-2)11-9-14)13-34-23(29)19-12-15-6-4-5-7-17(15)22(28)35-19/h4-11,19,21H,3,12-13H2,1-2H3,(H2,26,27,31). The van der Waals surface area contributed by atoms with Crippen molar-refractivity contribution in [3.63, 3.8) is 0 Å². The molecule has 2 aromatic carbocycles. The highest BCUT2D eigenvalue weighted by Crippen LogP contribution is 2.29. The minimum atomic E-state index is -1.14. The van der Waals surface area contributed by atoms with Gasteiger partial charge in [-0.3, -0.25) is 0 Å². The third-order valence-electron chi connectivity index (χ3n) is 5.61. The first kappa shape index (κ1) is 23.8. The zero-order valence-electron chi connectivity index (χ0n) is 19.2. The van der Waals surface area contributed by atoms with Crippen molar-refractivity contribution < 1.29 is 38.1 Å². The molecule has 2 unspecified atom stereocenters. The van der Waals surface area contributed by atoms with Crippen LogP contribution < -0.4 is 15.4 Å². The van der Waals surface area contributed by atoms with E-state index in [2.05, 4.69) is 10.6 Å². The van der Waals surface area contributed by atoms with Crippen LogP contribution in [0.4, 0.5) is 4.79 Å². The van der Waals surface area contributed by atoms with E-state index < -0.39 is 42.7 Å². The predicted octanol–water partition coefficient (Wildman–Crippen LogP) is 2.19. The van der Waals surface area contributed by atoms with Gasteiger partial charge in [-0.2, -0.15) is 0 Å². The summed E-state index contributed by atoms with van der Waals surface area (Å²) in [6, 6.07) is 12.2. The van der Waals surface area contributed by atoms with Gasteiger partial charge >= 0.3 is 23.9 Å². The first-order valence-corrected chi connectivity index (χ1v) is 11.0. The fourth-order valence-corrected chi connectivity index (χ4v) is 3.93. The first-order chi connectivity index (χ1) is 16.9. The molecule has 2 aliphatic heterocycles. The molecule has 2 N–H and O–H groups in total. The third kappa shape index (κ3) is 5.11. The summed E-state index contributed by atoms with van der Waals surface area (Å²) in [6.07, 6.45) is -0.980. The summed E-state index contributed by atoms with van der Waals surface area (Å²) in [5.41, 5.74) is 1.84. The number of hydrogen-bond acceptors (Lipinski definition) is 8. The summed E-state index contributed by atoms with van der Waals surface area (Å²) in [5.74, 6) is -1.48. The lowest BCUT2D eigenvalue weighted by molar-refractivity contribution is -0.153. The summed E-state index contributed by atoms with van der Waals surface area (Å²) in [5, 5.41) is 5.23. The summed E-state index contributed by atoms with van der Waals surface area (Å²) < 4.78 is 21.0. The number of amides is 2. The molecule has 0 fully saturated rings. The lowest BCUT2D eigenvalue weighted by Crippen LogP contribution is -2.47. The fourth-order valence-electron chi connectivity index (χ4n) is 3.93. The Bertz CT molecular complexity index is 1190. The summed E-state index contributed by atoms with van der Waals surface area (Å²) in [6.45, 7) is 1.34. The van der Waals surface area contributed by atoms with Crippen LogP contribution >= 0.6 is 0 Å². The Labute approximate surface area is 201 Å². The average Bonchev–Trinajstić information content (AvgIpc) is 2.87. The highest BCUT2D eigenvalue weighted by Gasteiger charge is 2.36. The number of carbonyl (C=O) groups is 4. The van der Waals surface area contributed by atoms with Gasteiger partial charge in [0.15, 0.2) is 0 Å². The molecule has 35 heavy (non-hydrogen) atoms. The van der Waals surface area contributed by atoms with Gasteiger partial charge in [0.25, 0.3) is 0 Å². The molecule has 2 aliphatic rings. The average molecular weight is 480 g/mol. The molecule has 182 valence electrons. The number of ether oxygens (including phenoxy) is 4. The van der Waals surface area contributed by atoms with Crippen molar-refractivity contribution in [2.75, 3.05) is 20.3 Å². The molecule has 0 radical (unpaired) electrons. The molecule has 0 bridgehead atoms. The van der Waals surface area contributed by atoms with Crippen LogP contribution in [0.25, 0.3) is 0 Å². The summed E-state index contributed by atoms with van der Waals surface area (Å²) in [7, 11) is 1.53. The highest BCUT2D eigenvalue weighted by atomic mass is 16.6. The van der Waals surface area contributed by atoms with E-state index in [9.17, 15) is 19.2 Å². The number of nitrogens with one attached hydrogen (secondary N) is 2. The van der Waals surface area contributed by atoms with Crippen LogP contribution in [0.1, 0.15) is 34.5 Å². The van der Waals surface area contributed by atoms with E-state index in [0.717, 1.165) is 0 Å². The van der Waals surface area contributed by atoms with Gasteiger partial charge < -0.3 is 29.6 Å². The van der Waals surface area contributed by atoms with Crippen LogP contribution in [0.15, 0.2) is 59.8 Å². The van der Waals surface area contributed by atoms with Crippen LogP contribution in [0.5, 0.6) is 5.75 Å². The van der Waals surface area contributed by atoms with Crippen LogP contribution in [-0.2, 0) is 30.2 Å². The van der Waals surface area contributed by atoms with Crippen LogP contribution in [0.2, 0.25) is 0 Å². The van der Waals surface area contributed by atoms with E-state index in [1.165, 1.54) is 7.11 Å². The maximum atomic E-state index is 12.8. The van der Waals surface area contributed by atoms with Gasteiger partial charge in [-0.1, -0.05) is 30.3 Å². The topological polar surface area (TPSA) is 129 Å². The molecule has 2 amide bonds. The van der Waals surface area contributed by atoms with Crippen molar-refractivity contribution in [1.29, 1.82) is 0 Å². The van der Waals surface area contributed by atoms with E-state index in [1.54, 1.807) is 55.5 Å². The van der Waals surface area contributed by atoms with Gasteiger partial charge in [0, 0.05) is 6.42 Å². The SMILES string of the molecule is CCOC(=O)C1=C(COC(=O)C2Cc3ccccc3C(=O)O2)NC(=O)NC1c1ccc(OC)cc1. The Balaban J connectivity index is 1.57. The molecule has 2 aromatic rings. The molecular formula is C25H24N2O8. The molecule has 10 nitrogen and oxygen atoms in total. The number of methoxy groups -OCH3 is 1. The minimum absolute atomic E-state index is 0.0731. The van der Waals surface area contributed by atoms with Crippen LogP contribution in [0.3, 0.4) is 0 Å². The minimum Gasteiger partial charge on any atom is -0.497 e. The molecule has 2 atom stereocenters. The predicted molar refractivity (Wildman–Crippen MR) is 121 cm³/mol. The second-order valence-electron chi connectivity index (χ2n) is 7.78. The smallest absolute Gasteiger partial charge is 0.348 e. The Hall–Kier alpha value is -4.34. The van der Waals surface area contributed by atoms with Crippen molar-refractivity contribution in [2.24, 2.45) is 0 Å². The van der Waals surface area contributed by atoms with E-state index >= 15 is 0 Å². The largest absolute Gasteiger partial charge is 0.497 e. The molecule has 0 aromatic heterocycles. The van der Waals surface area contributed by atoms with Crippen molar-refractivity contribution in [2.45, 2.75) is 25.5 Å². The first-order valence-electron chi connectivity index (χ1n) is 11.0. The van der Waals surface area contributed by atoms with Crippen molar-refractivity contribution in [3.05, 3.63) is 76.5 Å². The monoisotopic (exact) mass is 480 g/mol. The van der Waals surface area contributed by atoms with Crippen molar-refractivity contribution >= 4 is 23.9 Å². The zero-order chi connectivity index (χ0) is 24.9. The third-order valence-corrected chi connectivity index (χ3v) is 5.61. The molecule has 4 rings (SSSR count). The summed E-state index contributed by atoms with van der Waals surface area (Å²) >= 11 is 0. The number of urea groups is 1. The van der Waals surface area contributed by atoms with Gasteiger partial charge in [0.1, 0.15) is 12.4 Å². The van der Waals surface area contributed by atoms with Crippen LogP contribution in [0, 0.1) is 0 Å². The lowest BCUT2D eigenvalue weighted by atomic mass is 9.95. The maximum absolute atomic E-state index is 12.8. The van der Waals surface area contributed by atoms with E-state index in [-0.39, 0.29) is 24.3 Å². The lowest BCUT2D eigenvalue weighted by Gasteiger charge is -2.29. The number of cyclic esters (lactones) is 1. The second kappa shape index (κ2) is 10.3. The number of hydrogen-bond donors (Lipinski definition) is 2. The van der Waals surface area contributed by atoms with Gasteiger partial charge in [0.2, 0.25) is 6.10 Å². The number of carbonyl (C=O) groups excluding carboxylic acids is 4. The molecule has 0 saturated heterocycles. The molecule has 10 heteroatoms. The van der Waals surface area contributed by atoms with Gasteiger partial charge in [-0.05, 0) is 36.2 Å². The number of benzene rings is 2. The molecular weight excluding hydrogens is 456 g/mol.